The zero-order valence-corrected chi connectivity index (χ0v) is 17.7. The van der Waals surface area contributed by atoms with E-state index in [0.717, 1.165) is 23.8 Å². The maximum absolute atomic E-state index is 12.6. The summed E-state index contributed by atoms with van der Waals surface area (Å²) in [6.45, 7) is 0. The number of nitrogens with one attached hydrogen (secondary N) is 1. The number of benzene rings is 3. The number of nitrogens with zero attached hydrogens (tertiary/aromatic N) is 1. The van der Waals surface area contributed by atoms with Crippen LogP contribution in [0.25, 0.3) is 22.6 Å². The lowest BCUT2D eigenvalue weighted by molar-refractivity contribution is 0.102. The van der Waals surface area contributed by atoms with Gasteiger partial charge in [-0.25, -0.2) is 4.98 Å². The van der Waals surface area contributed by atoms with Crippen LogP contribution < -0.4 is 5.32 Å². The highest BCUT2D eigenvalue weighted by Gasteiger charge is 2.13. The smallest absolute Gasteiger partial charge is 0.256 e. The number of carbonyl (C=O) groups is 1. The van der Waals surface area contributed by atoms with Crippen molar-refractivity contribution in [3.63, 3.8) is 0 Å². The van der Waals surface area contributed by atoms with Crippen molar-refractivity contribution in [2.45, 2.75) is 0 Å². The predicted octanol–water partition coefficient (Wildman–Crippen LogP) is 5.96. The Morgan fingerprint density at radius 1 is 0.962 bits per heavy atom. The second-order valence-corrected chi connectivity index (χ2v) is 8.05. The molecule has 0 fully saturated rings. The molecule has 0 saturated carbocycles. The minimum absolute atomic E-state index is 0.136. The highest BCUT2D eigenvalue weighted by atomic mass is 127. The zero-order valence-electron chi connectivity index (χ0n) is 13.4. The number of oxazole rings is 1. The van der Waals surface area contributed by atoms with Gasteiger partial charge in [-0.05, 0) is 93.7 Å². The van der Waals surface area contributed by atoms with E-state index in [2.05, 4.69) is 55.5 Å². The fourth-order valence-electron chi connectivity index (χ4n) is 2.60. The minimum Gasteiger partial charge on any atom is -0.436 e. The maximum atomic E-state index is 12.6. The summed E-state index contributed by atoms with van der Waals surface area (Å²) in [7, 11) is 0. The summed E-state index contributed by atoms with van der Waals surface area (Å²) in [5.74, 6) is 0.397. The third kappa shape index (κ3) is 3.61. The number of fused-ring (bicyclic) bond motifs is 1. The average Bonchev–Trinajstić information content (AvgIpc) is 3.08. The van der Waals surface area contributed by atoms with Gasteiger partial charge >= 0.3 is 0 Å². The summed E-state index contributed by atoms with van der Waals surface area (Å²) in [6.07, 6.45) is 0. The summed E-state index contributed by atoms with van der Waals surface area (Å²) in [5.41, 5.74) is 3.72. The molecule has 1 N–H and O–H groups in total. The number of carbonyl (C=O) groups excluding carboxylic acids is 1. The van der Waals surface area contributed by atoms with Crippen LogP contribution in [0.3, 0.4) is 0 Å². The van der Waals surface area contributed by atoms with Gasteiger partial charge in [0.05, 0.1) is 5.56 Å². The topological polar surface area (TPSA) is 55.1 Å². The molecule has 0 aliphatic heterocycles. The Morgan fingerprint density at radius 2 is 1.81 bits per heavy atom. The summed E-state index contributed by atoms with van der Waals surface area (Å²) in [4.78, 5) is 17.1. The van der Waals surface area contributed by atoms with Crippen molar-refractivity contribution in [3.05, 3.63) is 79.4 Å². The van der Waals surface area contributed by atoms with Gasteiger partial charge in [-0.15, -0.1) is 0 Å². The quantitative estimate of drug-likeness (QED) is 0.312. The number of halogens is 2. The van der Waals surface area contributed by atoms with Gasteiger partial charge in [-0.1, -0.05) is 18.2 Å². The van der Waals surface area contributed by atoms with Crippen molar-refractivity contribution in [3.8, 4) is 11.5 Å². The van der Waals surface area contributed by atoms with Gasteiger partial charge in [0.1, 0.15) is 5.52 Å². The highest BCUT2D eigenvalue weighted by Crippen LogP contribution is 2.26. The SMILES string of the molecule is O=C(Nc1cccc(-c2nc3ccccc3o2)c1)c1cc(I)ccc1I. The molecule has 0 aliphatic rings. The van der Waals surface area contributed by atoms with E-state index in [1.54, 1.807) is 0 Å². The first-order valence-corrected chi connectivity index (χ1v) is 9.98. The van der Waals surface area contributed by atoms with Crippen molar-refractivity contribution in [1.29, 1.82) is 0 Å². The maximum Gasteiger partial charge on any atom is 0.256 e. The number of para-hydroxylation sites is 2. The van der Waals surface area contributed by atoms with E-state index in [1.807, 2.05) is 66.7 Å². The van der Waals surface area contributed by atoms with Crippen molar-refractivity contribution in [2.24, 2.45) is 0 Å². The monoisotopic (exact) mass is 566 g/mol. The molecule has 4 rings (SSSR count). The number of hydrogen-bond acceptors (Lipinski definition) is 3. The molecule has 0 radical (unpaired) electrons. The van der Waals surface area contributed by atoms with Crippen LogP contribution in [0.5, 0.6) is 0 Å². The first-order valence-electron chi connectivity index (χ1n) is 7.82. The van der Waals surface area contributed by atoms with E-state index in [9.17, 15) is 4.79 Å². The number of rotatable bonds is 3. The van der Waals surface area contributed by atoms with E-state index < -0.39 is 0 Å². The molecule has 4 aromatic rings. The van der Waals surface area contributed by atoms with Crippen molar-refractivity contribution in [2.75, 3.05) is 5.32 Å². The van der Waals surface area contributed by atoms with Crippen LogP contribution in [0.4, 0.5) is 5.69 Å². The van der Waals surface area contributed by atoms with Gasteiger partial charge in [0.2, 0.25) is 5.89 Å². The van der Waals surface area contributed by atoms with E-state index in [-0.39, 0.29) is 5.91 Å². The van der Waals surface area contributed by atoms with Crippen LogP contribution in [0.1, 0.15) is 10.4 Å². The Balaban J connectivity index is 1.63. The fourth-order valence-corrected chi connectivity index (χ4v) is 3.67. The Morgan fingerprint density at radius 3 is 2.65 bits per heavy atom. The normalized spacial score (nSPS) is 10.8. The Labute approximate surface area is 177 Å². The fraction of sp³-hybridized carbons (Fsp3) is 0. The molecule has 128 valence electrons. The molecular formula is C20H12I2N2O2. The molecule has 4 nitrogen and oxygen atoms in total. The first kappa shape index (κ1) is 17.5. The predicted molar refractivity (Wildman–Crippen MR) is 119 cm³/mol. The molecule has 0 saturated heterocycles. The Hall–Kier alpha value is -1.94. The summed E-state index contributed by atoms with van der Waals surface area (Å²) in [5, 5.41) is 2.95. The van der Waals surface area contributed by atoms with E-state index >= 15 is 0 Å². The van der Waals surface area contributed by atoms with Crippen molar-refractivity contribution < 1.29 is 9.21 Å². The van der Waals surface area contributed by atoms with Crippen LogP contribution in [0.15, 0.2) is 71.1 Å². The summed E-state index contributed by atoms with van der Waals surface area (Å²) >= 11 is 4.37. The minimum atomic E-state index is -0.136. The largest absolute Gasteiger partial charge is 0.436 e. The van der Waals surface area contributed by atoms with Crippen LogP contribution in [-0.4, -0.2) is 10.9 Å². The molecule has 3 aromatic carbocycles. The van der Waals surface area contributed by atoms with E-state index in [1.165, 1.54) is 0 Å². The molecular weight excluding hydrogens is 554 g/mol. The van der Waals surface area contributed by atoms with Crippen LogP contribution in [0.2, 0.25) is 0 Å². The van der Waals surface area contributed by atoms with Crippen LogP contribution in [0, 0.1) is 7.14 Å². The molecule has 0 unspecified atom stereocenters. The number of hydrogen-bond donors (Lipinski definition) is 1. The molecule has 0 spiro atoms. The number of amides is 1. The van der Waals surface area contributed by atoms with Gasteiger partial charge < -0.3 is 9.73 Å². The molecule has 1 amide bonds. The van der Waals surface area contributed by atoms with Crippen molar-refractivity contribution in [1.82, 2.24) is 4.98 Å². The standard InChI is InChI=1S/C20H12I2N2O2/c21-13-8-9-16(22)15(11-13)19(25)23-14-5-3-4-12(10-14)20-24-17-6-1-2-7-18(17)26-20/h1-11H,(H,23,25). The highest BCUT2D eigenvalue weighted by molar-refractivity contribution is 14.1. The second-order valence-electron chi connectivity index (χ2n) is 5.65. The molecule has 1 heterocycles. The van der Waals surface area contributed by atoms with Crippen LogP contribution in [-0.2, 0) is 0 Å². The molecule has 0 aliphatic carbocycles. The molecule has 26 heavy (non-hydrogen) atoms. The zero-order chi connectivity index (χ0) is 18.1. The number of aromatic nitrogens is 1. The second kappa shape index (κ2) is 7.36. The van der Waals surface area contributed by atoms with Crippen molar-refractivity contribution >= 4 is 67.9 Å². The van der Waals surface area contributed by atoms with Gasteiger partial charge in [-0.2, -0.15) is 0 Å². The van der Waals surface area contributed by atoms with Crippen LogP contribution >= 0.6 is 45.2 Å². The lowest BCUT2D eigenvalue weighted by Crippen LogP contribution is -2.13. The van der Waals surface area contributed by atoms with E-state index in [4.69, 9.17) is 4.42 Å². The van der Waals surface area contributed by atoms with Gasteiger partial charge in [0.15, 0.2) is 5.58 Å². The third-order valence-electron chi connectivity index (χ3n) is 3.83. The van der Waals surface area contributed by atoms with E-state index in [0.29, 0.717) is 17.1 Å². The third-order valence-corrected chi connectivity index (χ3v) is 5.45. The first-order chi connectivity index (χ1) is 12.6. The molecule has 0 bridgehead atoms. The molecule has 6 heteroatoms. The van der Waals surface area contributed by atoms with Gasteiger partial charge in [0, 0.05) is 18.4 Å². The van der Waals surface area contributed by atoms with Gasteiger partial charge in [0.25, 0.3) is 5.91 Å². The molecule has 0 atom stereocenters. The Kier molecular flexibility index (Phi) is 4.94. The number of anilines is 1. The molecule has 1 aromatic heterocycles. The Bertz CT molecular complexity index is 1090. The van der Waals surface area contributed by atoms with Gasteiger partial charge in [-0.3, -0.25) is 4.79 Å². The summed E-state index contributed by atoms with van der Waals surface area (Å²) in [6, 6.07) is 20.9. The average molecular weight is 566 g/mol. The lowest BCUT2D eigenvalue weighted by Gasteiger charge is -2.08. The lowest BCUT2D eigenvalue weighted by atomic mass is 10.1. The summed E-state index contributed by atoms with van der Waals surface area (Å²) < 4.78 is 7.74.